The Kier molecular flexibility index (Phi) is 4.63. The van der Waals surface area contributed by atoms with Gasteiger partial charge in [-0.25, -0.2) is 4.79 Å². The van der Waals surface area contributed by atoms with Crippen molar-refractivity contribution in [3.05, 3.63) is 34.3 Å². The van der Waals surface area contributed by atoms with Crippen molar-refractivity contribution in [1.82, 2.24) is 5.32 Å². The second-order valence-electron chi connectivity index (χ2n) is 4.40. The first-order chi connectivity index (χ1) is 9.13. The number of benzene rings is 1. The fraction of sp³-hybridized carbons (Fsp3) is 0.462. The van der Waals surface area contributed by atoms with Crippen LogP contribution >= 0.6 is 11.6 Å². The lowest BCUT2D eigenvalue weighted by molar-refractivity contribution is -0.0877. The Balaban J connectivity index is 2.30. The summed E-state index contributed by atoms with van der Waals surface area (Å²) in [6.07, 6.45) is -0.0400. The fourth-order valence-electron chi connectivity index (χ4n) is 2.43. The van der Waals surface area contributed by atoms with Crippen LogP contribution in [0, 0.1) is 0 Å². The zero-order valence-electron chi connectivity index (χ0n) is 10.6. The molecule has 0 aliphatic heterocycles. The molecule has 1 aromatic carbocycles. The molecule has 2 rings (SSSR count). The monoisotopic (exact) mass is 285 g/mol. The number of halogens is 1. The van der Waals surface area contributed by atoms with E-state index in [9.17, 15) is 4.79 Å². The molecule has 2 atom stereocenters. The molecule has 104 valence electrons. The van der Waals surface area contributed by atoms with Crippen molar-refractivity contribution >= 4 is 17.7 Å². The quantitative estimate of drug-likeness (QED) is 0.835. The van der Waals surface area contributed by atoms with Crippen molar-refractivity contribution < 1.29 is 19.4 Å². The average molecular weight is 286 g/mol. The number of carboxylic acid groups (broad SMARTS) is 1. The predicted molar refractivity (Wildman–Crippen MR) is 70.4 cm³/mol. The van der Waals surface area contributed by atoms with Crippen LogP contribution in [0.5, 0.6) is 0 Å². The SMILES string of the molecule is COCO[C@H]1c2c(Cl)cccc2CC[C@H]1NC(=O)O. The summed E-state index contributed by atoms with van der Waals surface area (Å²) in [5.74, 6) is 0. The Labute approximate surface area is 116 Å². The second-order valence-corrected chi connectivity index (χ2v) is 4.81. The molecule has 1 amide bonds. The molecule has 0 saturated carbocycles. The standard InChI is InChI=1S/C13H16ClNO4/c1-18-7-19-12-10(15-13(16)17)6-5-8-3-2-4-9(14)11(8)12/h2-4,10,12,15H,5-7H2,1H3,(H,16,17)/t10-,12-/m1/s1. The Hall–Kier alpha value is -1.30. The van der Waals surface area contributed by atoms with Gasteiger partial charge in [-0.1, -0.05) is 23.7 Å². The minimum absolute atomic E-state index is 0.0904. The number of aryl methyl sites for hydroxylation is 1. The van der Waals surface area contributed by atoms with Crippen LogP contribution in [-0.2, 0) is 15.9 Å². The van der Waals surface area contributed by atoms with Crippen LogP contribution in [0.2, 0.25) is 5.02 Å². The third kappa shape index (κ3) is 3.18. The molecule has 1 aliphatic rings. The van der Waals surface area contributed by atoms with Crippen LogP contribution in [0.4, 0.5) is 4.79 Å². The number of rotatable bonds is 4. The molecule has 0 saturated heterocycles. The van der Waals surface area contributed by atoms with E-state index in [0.29, 0.717) is 11.4 Å². The zero-order valence-corrected chi connectivity index (χ0v) is 11.3. The van der Waals surface area contributed by atoms with Gasteiger partial charge in [0.05, 0.1) is 6.04 Å². The first-order valence-electron chi connectivity index (χ1n) is 6.00. The summed E-state index contributed by atoms with van der Waals surface area (Å²) >= 11 is 6.22. The summed E-state index contributed by atoms with van der Waals surface area (Å²) in [6.45, 7) is 0.0904. The van der Waals surface area contributed by atoms with Gasteiger partial charge in [-0.2, -0.15) is 0 Å². The summed E-state index contributed by atoms with van der Waals surface area (Å²) in [6, 6.07) is 5.34. The van der Waals surface area contributed by atoms with Crippen molar-refractivity contribution in [1.29, 1.82) is 0 Å². The van der Waals surface area contributed by atoms with E-state index in [1.54, 1.807) is 6.07 Å². The number of nitrogens with one attached hydrogen (secondary N) is 1. The summed E-state index contributed by atoms with van der Waals surface area (Å²) in [5.41, 5.74) is 1.95. The van der Waals surface area contributed by atoms with Gasteiger partial charge in [0.25, 0.3) is 0 Å². The number of hydrogen-bond acceptors (Lipinski definition) is 3. The molecule has 2 N–H and O–H groups in total. The van der Waals surface area contributed by atoms with Gasteiger partial charge in [0.15, 0.2) is 0 Å². The molecular weight excluding hydrogens is 270 g/mol. The van der Waals surface area contributed by atoms with E-state index in [1.165, 1.54) is 7.11 Å². The van der Waals surface area contributed by atoms with E-state index in [0.717, 1.165) is 17.5 Å². The van der Waals surface area contributed by atoms with Gasteiger partial charge in [-0.15, -0.1) is 0 Å². The minimum atomic E-state index is -1.06. The maximum atomic E-state index is 10.9. The van der Waals surface area contributed by atoms with Crippen LogP contribution in [0.3, 0.4) is 0 Å². The third-order valence-corrected chi connectivity index (χ3v) is 3.52. The van der Waals surface area contributed by atoms with Crippen LogP contribution in [0.25, 0.3) is 0 Å². The fourth-order valence-corrected chi connectivity index (χ4v) is 2.73. The van der Waals surface area contributed by atoms with E-state index in [1.807, 2.05) is 12.1 Å². The number of methoxy groups -OCH3 is 1. The summed E-state index contributed by atoms with van der Waals surface area (Å²) in [4.78, 5) is 10.9. The van der Waals surface area contributed by atoms with E-state index >= 15 is 0 Å². The van der Waals surface area contributed by atoms with E-state index < -0.39 is 12.2 Å². The highest BCUT2D eigenvalue weighted by atomic mass is 35.5. The van der Waals surface area contributed by atoms with Crippen molar-refractivity contribution in [2.24, 2.45) is 0 Å². The normalized spacial score (nSPS) is 21.8. The molecule has 0 aromatic heterocycles. The Bertz CT molecular complexity index is 466. The highest BCUT2D eigenvalue weighted by Crippen LogP contribution is 2.37. The lowest BCUT2D eigenvalue weighted by atomic mass is 9.85. The molecule has 6 heteroatoms. The van der Waals surface area contributed by atoms with Crippen LogP contribution in [-0.4, -0.2) is 31.1 Å². The van der Waals surface area contributed by atoms with Gasteiger partial charge < -0.3 is 19.9 Å². The van der Waals surface area contributed by atoms with E-state index in [2.05, 4.69) is 5.32 Å². The topological polar surface area (TPSA) is 67.8 Å². The summed E-state index contributed by atoms with van der Waals surface area (Å²) in [7, 11) is 1.52. The van der Waals surface area contributed by atoms with E-state index in [4.69, 9.17) is 26.2 Å². The predicted octanol–water partition coefficient (Wildman–Crippen LogP) is 2.58. The molecule has 5 nitrogen and oxygen atoms in total. The first kappa shape index (κ1) is 14.1. The molecule has 0 heterocycles. The Morgan fingerprint density at radius 3 is 3.05 bits per heavy atom. The molecule has 0 fully saturated rings. The average Bonchev–Trinajstić information content (AvgIpc) is 2.37. The largest absolute Gasteiger partial charge is 0.465 e. The van der Waals surface area contributed by atoms with Gasteiger partial charge in [0.1, 0.15) is 12.9 Å². The highest BCUT2D eigenvalue weighted by molar-refractivity contribution is 6.31. The van der Waals surface area contributed by atoms with E-state index in [-0.39, 0.29) is 12.8 Å². The van der Waals surface area contributed by atoms with Gasteiger partial charge in [-0.05, 0) is 24.5 Å². The molecule has 1 aliphatic carbocycles. The number of carbonyl (C=O) groups is 1. The maximum absolute atomic E-state index is 10.9. The van der Waals surface area contributed by atoms with Crippen molar-refractivity contribution in [2.75, 3.05) is 13.9 Å². The van der Waals surface area contributed by atoms with Crippen molar-refractivity contribution in [3.63, 3.8) is 0 Å². The minimum Gasteiger partial charge on any atom is -0.465 e. The molecule has 0 unspecified atom stereocenters. The van der Waals surface area contributed by atoms with Crippen molar-refractivity contribution in [2.45, 2.75) is 25.0 Å². The molecule has 19 heavy (non-hydrogen) atoms. The second kappa shape index (κ2) is 6.23. The summed E-state index contributed by atoms with van der Waals surface area (Å²) in [5, 5.41) is 12.0. The smallest absolute Gasteiger partial charge is 0.404 e. The molecule has 0 spiro atoms. The molecule has 0 bridgehead atoms. The zero-order chi connectivity index (χ0) is 13.8. The van der Waals surface area contributed by atoms with Crippen LogP contribution in [0.1, 0.15) is 23.7 Å². The van der Waals surface area contributed by atoms with Gasteiger partial charge in [0.2, 0.25) is 0 Å². The Morgan fingerprint density at radius 1 is 1.58 bits per heavy atom. The lowest BCUT2D eigenvalue weighted by Crippen LogP contribution is -2.42. The number of fused-ring (bicyclic) bond motifs is 1. The van der Waals surface area contributed by atoms with Crippen molar-refractivity contribution in [3.8, 4) is 0 Å². The van der Waals surface area contributed by atoms with Gasteiger partial charge >= 0.3 is 6.09 Å². The highest BCUT2D eigenvalue weighted by Gasteiger charge is 2.33. The number of amides is 1. The van der Waals surface area contributed by atoms with Gasteiger partial charge in [-0.3, -0.25) is 0 Å². The third-order valence-electron chi connectivity index (χ3n) is 3.19. The van der Waals surface area contributed by atoms with Gasteiger partial charge in [0, 0.05) is 17.7 Å². The van der Waals surface area contributed by atoms with Crippen LogP contribution in [0.15, 0.2) is 18.2 Å². The molecular formula is C13H16ClNO4. The summed E-state index contributed by atoms with van der Waals surface area (Å²) < 4.78 is 10.5. The first-order valence-corrected chi connectivity index (χ1v) is 6.38. The number of hydrogen-bond donors (Lipinski definition) is 2. The molecule has 0 radical (unpaired) electrons. The maximum Gasteiger partial charge on any atom is 0.404 e. The molecule has 1 aromatic rings. The number of ether oxygens (including phenoxy) is 2. The lowest BCUT2D eigenvalue weighted by Gasteiger charge is -2.33. The Morgan fingerprint density at radius 2 is 2.37 bits per heavy atom. The van der Waals surface area contributed by atoms with Crippen LogP contribution < -0.4 is 5.32 Å².